The molecular formula is C20H16F4N2OS. The summed E-state index contributed by atoms with van der Waals surface area (Å²) in [4.78, 5) is 8.66. The molecule has 3 rings (SSSR count). The van der Waals surface area contributed by atoms with Gasteiger partial charge in [0.2, 0.25) is 5.88 Å². The Kier molecular flexibility index (Phi) is 6.18. The van der Waals surface area contributed by atoms with Crippen LogP contribution in [0.5, 0.6) is 11.6 Å². The third-order valence-electron chi connectivity index (χ3n) is 3.80. The van der Waals surface area contributed by atoms with Crippen molar-refractivity contribution in [3.8, 4) is 11.6 Å². The molecule has 0 N–H and O–H groups in total. The van der Waals surface area contributed by atoms with E-state index in [1.165, 1.54) is 36.0 Å². The molecule has 146 valence electrons. The van der Waals surface area contributed by atoms with Crippen molar-refractivity contribution in [2.45, 2.75) is 30.4 Å². The molecule has 0 saturated carbocycles. The molecule has 3 aromatic rings. The van der Waals surface area contributed by atoms with Crippen LogP contribution >= 0.6 is 11.8 Å². The second kappa shape index (κ2) is 8.60. The summed E-state index contributed by atoms with van der Waals surface area (Å²) in [7, 11) is 0. The van der Waals surface area contributed by atoms with E-state index in [2.05, 4.69) is 9.97 Å². The number of hydrogen-bond acceptors (Lipinski definition) is 4. The number of benzene rings is 2. The number of rotatable bonds is 6. The Morgan fingerprint density at radius 2 is 1.71 bits per heavy atom. The van der Waals surface area contributed by atoms with E-state index < -0.39 is 17.6 Å². The van der Waals surface area contributed by atoms with E-state index >= 15 is 0 Å². The van der Waals surface area contributed by atoms with Crippen LogP contribution in [0, 0.1) is 5.82 Å². The van der Waals surface area contributed by atoms with Gasteiger partial charge in [-0.25, -0.2) is 9.37 Å². The molecule has 0 radical (unpaired) electrons. The molecule has 0 aliphatic heterocycles. The lowest BCUT2D eigenvalue weighted by Crippen LogP contribution is -2.04. The zero-order valence-electron chi connectivity index (χ0n) is 14.8. The van der Waals surface area contributed by atoms with Crippen LogP contribution in [0.2, 0.25) is 0 Å². The zero-order chi connectivity index (χ0) is 20.1. The molecule has 8 heteroatoms. The van der Waals surface area contributed by atoms with Crippen LogP contribution < -0.4 is 4.74 Å². The Balaban J connectivity index is 1.74. The fourth-order valence-electron chi connectivity index (χ4n) is 2.33. The number of para-hydroxylation sites is 1. The van der Waals surface area contributed by atoms with Crippen LogP contribution in [0.4, 0.5) is 17.6 Å². The Hall–Kier alpha value is -2.61. The van der Waals surface area contributed by atoms with E-state index in [4.69, 9.17) is 4.74 Å². The predicted octanol–water partition coefficient (Wildman–Crippen LogP) is 6.28. The first-order chi connectivity index (χ1) is 13.3. The van der Waals surface area contributed by atoms with Crippen molar-refractivity contribution in [2.75, 3.05) is 0 Å². The summed E-state index contributed by atoms with van der Waals surface area (Å²) in [5, 5.41) is 0.408. The van der Waals surface area contributed by atoms with Gasteiger partial charge in [-0.1, -0.05) is 43.0 Å². The fourth-order valence-corrected chi connectivity index (χ4v) is 3.15. The maximum atomic E-state index is 13.8. The van der Waals surface area contributed by atoms with Crippen molar-refractivity contribution >= 4 is 11.8 Å². The second-order valence-electron chi connectivity index (χ2n) is 5.85. The molecule has 0 bridgehead atoms. The standard InChI is InChI=1S/C20H16F4N2OS/c1-2-15-11-18(27-17-6-4-3-5-16(17)21)26-19(25-15)28-12-13-7-9-14(10-8-13)20(22,23)24/h3-11H,2,12H2,1H3. The number of alkyl halides is 3. The van der Waals surface area contributed by atoms with Crippen LogP contribution in [0.1, 0.15) is 23.7 Å². The Bertz CT molecular complexity index is 946. The van der Waals surface area contributed by atoms with Crippen LogP contribution in [0.15, 0.2) is 59.8 Å². The number of aromatic nitrogens is 2. The largest absolute Gasteiger partial charge is 0.436 e. The zero-order valence-corrected chi connectivity index (χ0v) is 15.6. The minimum Gasteiger partial charge on any atom is -0.436 e. The molecular weight excluding hydrogens is 392 g/mol. The van der Waals surface area contributed by atoms with Gasteiger partial charge >= 0.3 is 6.18 Å². The van der Waals surface area contributed by atoms with Crippen molar-refractivity contribution in [1.82, 2.24) is 9.97 Å². The van der Waals surface area contributed by atoms with Gasteiger partial charge in [0.15, 0.2) is 16.7 Å². The van der Waals surface area contributed by atoms with Gasteiger partial charge < -0.3 is 4.74 Å². The number of thioether (sulfide) groups is 1. The number of nitrogens with zero attached hydrogens (tertiary/aromatic N) is 2. The highest BCUT2D eigenvalue weighted by Crippen LogP contribution is 2.30. The molecule has 2 aromatic carbocycles. The predicted molar refractivity (Wildman–Crippen MR) is 98.9 cm³/mol. The molecule has 1 heterocycles. The summed E-state index contributed by atoms with van der Waals surface area (Å²) >= 11 is 1.27. The summed E-state index contributed by atoms with van der Waals surface area (Å²) in [6.07, 6.45) is -3.73. The first kappa shape index (κ1) is 20.1. The highest BCUT2D eigenvalue weighted by atomic mass is 32.2. The summed E-state index contributed by atoms with van der Waals surface area (Å²) in [5.41, 5.74) is 0.738. The van der Waals surface area contributed by atoms with Crippen LogP contribution in [0.3, 0.4) is 0 Å². The van der Waals surface area contributed by atoms with Gasteiger partial charge in [-0.2, -0.15) is 18.2 Å². The van der Waals surface area contributed by atoms with Crippen molar-refractivity contribution in [3.05, 3.63) is 77.2 Å². The molecule has 0 fully saturated rings. The lowest BCUT2D eigenvalue weighted by atomic mass is 10.1. The lowest BCUT2D eigenvalue weighted by molar-refractivity contribution is -0.137. The van der Waals surface area contributed by atoms with Gasteiger partial charge in [-0.05, 0) is 36.2 Å². The molecule has 0 unspecified atom stereocenters. The summed E-state index contributed by atoms with van der Waals surface area (Å²) < 4.78 is 57.2. The average Bonchev–Trinajstić information content (AvgIpc) is 2.67. The van der Waals surface area contributed by atoms with Gasteiger partial charge in [-0.15, -0.1) is 0 Å². The molecule has 0 saturated heterocycles. The Morgan fingerprint density at radius 3 is 2.36 bits per heavy atom. The van der Waals surface area contributed by atoms with Gasteiger partial charge in [-0.3, -0.25) is 0 Å². The average molecular weight is 408 g/mol. The van der Waals surface area contributed by atoms with E-state index in [9.17, 15) is 17.6 Å². The quantitative estimate of drug-likeness (QED) is 0.273. The van der Waals surface area contributed by atoms with E-state index in [1.54, 1.807) is 18.2 Å². The monoisotopic (exact) mass is 408 g/mol. The van der Waals surface area contributed by atoms with Crippen molar-refractivity contribution < 1.29 is 22.3 Å². The summed E-state index contributed by atoms with van der Waals surface area (Å²) in [5.74, 6) is 0.164. The fraction of sp³-hybridized carbons (Fsp3) is 0.200. The van der Waals surface area contributed by atoms with Gasteiger partial charge in [0.25, 0.3) is 0 Å². The molecule has 0 atom stereocenters. The molecule has 0 amide bonds. The van der Waals surface area contributed by atoms with Gasteiger partial charge in [0, 0.05) is 17.5 Å². The highest BCUT2D eigenvalue weighted by Gasteiger charge is 2.29. The number of aryl methyl sites for hydroxylation is 1. The van der Waals surface area contributed by atoms with E-state index in [0.717, 1.165) is 17.8 Å². The van der Waals surface area contributed by atoms with E-state index in [0.29, 0.717) is 22.9 Å². The highest BCUT2D eigenvalue weighted by molar-refractivity contribution is 7.98. The Labute approximate surface area is 163 Å². The van der Waals surface area contributed by atoms with Crippen molar-refractivity contribution in [2.24, 2.45) is 0 Å². The van der Waals surface area contributed by atoms with Gasteiger partial charge in [0.05, 0.1) is 5.56 Å². The minimum absolute atomic E-state index is 0.0574. The van der Waals surface area contributed by atoms with Crippen molar-refractivity contribution in [3.63, 3.8) is 0 Å². The number of hydrogen-bond donors (Lipinski definition) is 0. The molecule has 3 nitrogen and oxygen atoms in total. The number of ether oxygens (including phenoxy) is 1. The second-order valence-corrected chi connectivity index (χ2v) is 6.79. The first-order valence-electron chi connectivity index (χ1n) is 8.44. The lowest BCUT2D eigenvalue weighted by Gasteiger charge is -2.10. The van der Waals surface area contributed by atoms with E-state index in [1.807, 2.05) is 6.92 Å². The molecule has 0 aliphatic rings. The smallest absolute Gasteiger partial charge is 0.416 e. The van der Waals surface area contributed by atoms with Crippen LogP contribution in [-0.2, 0) is 18.3 Å². The topological polar surface area (TPSA) is 35.0 Å². The summed E-state index contributed by atoms with van der Waals surface area (Å²) in [6, 6.07) is 12.6. The maximum absolute atomic E-state index is 13.8. The number of halogens is 4. The van der Waals surface area contributed by atoms with E-state index in [-0.39, 0.29) is 11.6 Å². The Morgan fingerprint density at radius 1 is 1.00 bits per heavy atom. The first-order valence-corrected chi connectivity index (χ1v) is 9.43. The molecule has 0 aliphatic carbocycles. The van der Waals surface area contributed by atoms with Crippen molar-refractivity contribution in [1.29, 1.82) is 0 Å². The molecule has 28 heavy (non-hydrogen) atoms. The SMILES string of the molecule is CCc1cc(Oc2ccccc2F)nc(SCc2ccc(C(F)(F)F)cc2)n1. The molecule has 1 aromatic heterocycles. The summed E-state index contributed by atoms with van der Waals surface area (Å²) in [6.45, 7) is 1.92. The normalized spacial score (nSPS) is 11.5. The van der Waals surface area contributed by atoms with Crippen LogP contribution in [0.25, 0.3) is 0 Å². The third kappa shape index (κ3) is 5.22. The third-order valence-corrected chi connectivity index (χ3v) is 4.72. The minimum atomic E-state index is -4.36. The van der Waals surface area contributed by atoms with Crippen LogP contribution in [-0.4, -0.2) is 9.97 Å². The maximum Gasteiger partial charge on any atom is 0.416 e. The molecule has 0 spiro atoms. The van der Waals surface area contributed by atoms with Gasteiger partial charge in [0.1, 0.15) is 0 Å².